The zero-order chi connectivity index (χ0) is 19.7. The highest BCUT2D eigenvalue weighted by Gasteiger charge is 2.39. The van der Waals surface area contributed by atoms with Crippen LogP contribution in [0.5, 0.6) is 0 Å². The molecule has 2 aliphatic rings. The second kappa shape index (κ2) is 7.50. The van der Waals surface area contributed by atoms with Crippen molar-refractivity contribution in [1.29, 1.82) is 0 Å². The average molecular weight is 371 g/mol. The molecule has 0 radical (unpaired) electrons. The molecule has 0 aromatic heterocycles. The topological polar surface area (TPSA) is 95.6 Å². The van der Waals surface area contributed by atoms with Crippen molar-refractivity contribution in [2.45, 2.75) is 64.7 Å². The van der Waals surface area contributed by atoms with Crippen LogP contribution in [0, 0.1) is 0 Å². The molecule has 144 valence electrons. The Bertz CT molecular complexity index is 802. The highest BCUT2D eigenvalue weighted by Crippen LogP contribution is 2.33. The van der Waals surface area contributed by atoms with Gasteiger partial charge in [-0.3, -0.25) is 19.2 Å². The molecule has 2 atom stereocenters. The standard InChI is InChI=1S/C20H25N3O4/c1-11(2)21-19(26)12(3)22-16-6-4-5-14-15(16)10-23(20(14)27)17-8-7-13(24)9-18(17)25/h4-6,11-12,17,22H,7-10H2,1-3H3,(H,21,26)/t12-,17?/m1/s1. The fourth-order valence-corrected chi connectivity index (χ4v) is 3.64. The van der Waals surface area contributed by atoms with Gasteiger partial charge in [0.2, 0.25) is 5.91 Å². The van der Waals surface area contributed by atoms with Crippen LogP contribution in [0.4, 0.5) is 5.69 Å². The number of rotatable bonds is 5. The summed E-state index contributed by atoms with van der Waals surface area (Å²) >= 11 is 0. The Labute approximate surface area is 158 Å². The number of amides is 2. The number of carbonyl (C=O) groups is 4. The van der Waals surface area contributed by atoms with Gasteiger partial charge in [-0.2, -0.15) is 0 Å². The number of Topliss-reactive ketones (excluding diaryl/α,β-unsaturated/α-hetero) is 2. The maximum absolute atomic E-state index is 12.8. The fraction of sp³-hybridized carbons (Fsp3) is 0.500. The van der Waals surface area contributed by atoms with Crippen LogP contribution >= 0.6 is 0 Å². The molecule has 1 saturated carbocycles. The van der Waals surface area contributed by atoms with Gasteiger partial charge in [-0.15, -0.1) is 0 Å². The Balaban J connectivity index is 1.78. The predicted molar refractivity (Wildman–Crippen MR) is 100 cm³/mol. The largest absolute Gasteiger partial charge is 0.374 e. The summed E-state index contributed by atoms with van der Waals surface area (Å²) in [6, 6.07) is 4.37. The van der Waals surface area contributed by atoms with E-state index < -0.39 is 12.1 Å². The van der Waals surface area contributed by atoms with Crippen molar-refractivity contribution in [3.8, 4) is 0 Å². The summed E-state index contributed by atoms with van der Waals surface area (Å²) in [6.45, 7) is 5.86. The van der Waals surface area contributed by atoms with Gasteiger partial charge in [0.1, 0.15) is 11.8 Å². The number of nitrogens with one attached hydrogen (secondary N) is 2. The minimum Gasteiger partial charge on any atom is -0.374 e. The lowest BCUT2D eigenvalue weighted by molar-refractivity contribution is -0.133. The second-order valence-electron chi connectivity index (χ2n) is 7.53. The number of hydrogen-bond donors (Lipinski definition) is 2. The van der Waals surface area contributed by atoms with Crippen molar-refractivity contribution < 1.29 is 19.2 Å². The minimum absolute atomic E-state index is 0.0420. The molecule has 1 aliphatic heterocycles. The highest BCUT2D eigenvalue weighted by molar-refractivity contribution is 6.08. The lowest BCUT2D eigenvalue weighted by Gasteiger charge is -2.29. The van der Waals surface area contributed by atoms with Crippen molar-refractivity contribution in [2.75, 3.05) is 5.32 Å². The van der Waals surface area contributed by atoms with E-state index in [1.165, 1.54) is 0 Å². The Morgan fingerprint density at radius 1 is 1.19 bits per heavy atom. The number of carbonyl (C=O) groups excluding carboxylic acids is 4. The van der Waals surface area contributed by atoms with Crippen LogP contribution in [0.3, 0.4) is 0 Å². The van der Waals surface area contributed by atoms with Crippen LogP contribution in [0.25, 0.3) is 0 Å². The first kappa shape index (κ1) is 19.1. The fourth-order valence-electron chi connectivity index (χ4n) is 3.64. The zero-order valence-electron chi connectivity index (χ0n) is 15.9. The van der Waals surface area contributed by atoms with Gasteiger partial charge in [-0.25, -0.2) is 0 Å². The summed E-state index contributed by atoms with van der Waals surface area (Å²) in [5.74, 6) is -0.565. The van der Waals surface area contributed by atoms with Crippen molar-refractivity contribution in [2.24, 2.45) is 0 Å². The first-order valence-corrected chi connectivity index (χ1v) is 9.32. The molecule has 0 saturated heterocycles. The van der Waals surface area contributed by atoms with Gasteiger partial charge < -0.3 is 15.5 Å². The van der Waals surface area contributed by atoms with Gasteiger partial charge in [-0.1, -0.05) is 6.07 Å². The number of anilines is 1. The second-order valence-corrected chi connectivity index (χ2v) is 7.53. The molecule has 0 bridgehead atoms. The third-order valence-corrected chi connectivity index (χ3v) is 5.01. The molecule has 7 nitrogen and oxygen atoms in total. The smallest absolute Gasteiger partial charge is 0.255 e. The summed E-state index contributed by atoms with van der Waals surface area (Å²) in [5.41, 5.74) is 2.05. The maximum Gasteiger partial charge on any atom is 0.255 e. The lowest BCUT2D eigenvalue weighted by Crippen LogP contribution is -2.44. The molecule has 1 heterocycles. The minimum atomic E-state index is -0.544. The molecule has 27 heavy (non-hydrogen) atoms. The molecular weight excluding hydrogens is 346 g/mol. The predicted octanol–water partition coefficient (Wildman–Crippen LogP) is 1.66. The van der Waals surface area contributed by atoms with Crippen LogP contribution in [0.2, 0.25) is 0 Å². The van der Waals surface area contributed by atoms with Crippen LogP contribution in [-0.4, -0.2) is 46.4 Å². The molecule has 3 rings (SSSR count). The first-order chi connectivity index (χ1) is 12.8. The van der Waals surface area contributed by atoms with Gasteiger partial charge >= 0.3 is 0 Å². The van der Waals surface area contributed by atoms with Crippen LogP contribution in [0.15, 0.2) is 18.2 Å². The summed E-state index contributed by atoms with van der Waals surface area (Å²) in [5, 5.41) is 6.03. The highest BCUT2D eigenvalue weighted by atomic mass is 16.2. The van der Waals surface area contributed by atoms with Crippen LogP contribution < -0.4 is 10.6 Å². The average Bonchev–Trinajstić information content (AvgIpc) is 2.92. The Morgan fingerprint density at radius 3 is 2.59 bits per heavy atom. The van der Waals surface area contributed by atoms with E-state index in [9.17, 15) is 19.2 Å². The number of benzene rings is 1. The third-order valence-electron chi connectivity index (χ3n) is 5.01. The molecule has 2 amide bonds. The Hall–Kier alpha value is -2.70. The molecule has 1 aromatic carbocycles. The van der Waals surface area contributed by atoms with Gasteiger partial charge in [0, 0.05) is 35.8 Å². The molecule has 1 aromatic rings. The number of ketones is 2. The van der Waals surface area contributed by atoms with Gasteiger partial charge in [0.05, 0.1) is 12.5 Å². The lowest BCUT2D eigenvalue weighted by atomic mass is 9.92. The molecular formula is C20H25N3O4. The zero-order valence-corrected chi connectivity index (χ0v) is 15.9. The van der Waals surface area contributed by atoms with Crippen LogP contribution in [-0.2, 0) is 20.9 Å². The quantitative estimate of drug-likeness (QED) is 0.768. The summed E-state index contributed by atoms with van der Waals surface area (Å²) < 4.78 is 0. The van der Waals surface area contributed by atoms with Crippen molar-refractivity contribution in [3.05, 3.63) is 29.3 Å². The molecule has 1 unspecified atom stereocenters. The van der Waals surface area contributed by atoms with Crippen molar-refractivity contribution in [3.63, 3.8) is 0 Å². The van der Waals surface area contributed by atoms with E-state index in [2.05, 4.69) is 10.6 Å². The van der Waals surface area contributed by atoms with E-state index in [1.54, 1.807) is 24.0 Å². The maximum atomic E-state index is 12.8. The normalized spacial score (nSPS) is 20.7. The summed E-state index contributed by atoms with van der Waals surface area (Å²) in [7, 11) is 0. The van der Waals surface area contributed by atoms with E-state index in [1.807, 2.05) is 19.9 Å². The molecule has 7 heteroatoms. The first-order valence-electron chi connectivity index (χ1n) is 9.32. The van der Waals surface area contributed by atoms with Crippen molar-refractivity contribution in [1.82, 2.24) is 10.2 Å². The van der Waals surface area contributed by atoms with E-state index in [0.717, 1.165) is 5.56 Å². The van der Waals surface area contributed by atoms with Gasteiger partial charge in [-0.05, 0) is 39.3 Å². The van der Waals surface area contributed by atoms with Crippen molar-refractivity contribution >= 4 is 29.1 Å². The summed E-state index contributed by atoms with van der Waals surface area (Å²) in [6.07, 6.45) is 0.615. The molecule has 1 fully saturated rings. The molecule has 2 N–H and O–H groups in total. The Kier molecular flexibility index (Phi) is 5.30. The third kappa shape index (κ3) is 3.86. The van der Waals surface area contributed by atoms with Gasteiger partial charge in [0.15, 0.2) is 5.78 Å². The van der Waals surface area contributed by atoms with Gasteiger partial charge in [0.25, 0.3) is 5.91 Å². The van der Waals surface area contributed by atoms with E-state index in [0.29, 0.717) is 30.6 Å². The number of hydrogen-bond acceptors (Lipinski definition) is 5. The summed E-state index contributed by atoms with van der Waals surface area (Å²) in [4.78, 5) is 50.3. The van der Waals surface area contributed by atoms with E-state index >= 15 is 0 Å². The number of nitrogens with zero attached hydrogens (tertiary/aromatic N) is 1. The van der Waals surface area contributed by atoms with E-state index in [-0.39, 0.29) is 35.8 Å². The monoisotopic (exact) mass is 371 g/mol. The molecule has 0 spiro atoms. The Morgan fingerprint density at radius 2 is 1.93 bits per heavy atom. The van der Waals surface area contributed by atoms with Crippen LogP contribution in [0.1, 0.15) is 56.0 Å². The SMILES string of the molecule is CC(C)NC(=O)[C@@H](C)Nc1cccc2c1CN(C1CCC(=O)CC1=O)C2=O. The molecule has 1 aliphatic carbocycles. The van der Waals surface area contributed by atoms with E-state index in [4.69, 9.17) is 0 Å². The number of fused-ring (bicyclic) bond motifs is 1.